The van der Waals surface area contributed by atoms with Gasteiger partial charge in [-0.05, 0) is 11.1 Å². The summed E-state index contributed by atoms with van der Waals surface area (Å²) >= 11 is 2.32. The topological polar surface area (TPSA) is 32.8 Å². The minimum atomic E-state index is -0.243. The van der Waals surface area contributed by atoms with Gasteiger partial charge in [-0.1, -0.05) is 60.7 Å². The Morgan fingerprint density at radius 2 is 1.70 bits per heavy atom. The molecule has 2 aromatic carbocycles. The molecule has 1 amide bonds. The quantitative estimate of drug-likeness (QED) is 0.553. The fraction of sp³-hybridized carbons (Fsp3) is 0.278. The van der Waals surface area contributed by atoms with Crippen molar-refractivity contribution in [3.05, 3.63) is 71.8 Å². The molecule has 120 valence electrons. The summed E-state index contributed by atoms with van der Waals surface area (Å²) in [5.41, 5.74) is 2.15. The second-order valence-electron chi connectivity index (χ2n) is 5.53. The Bertz CT molecular complexity index is 636. The van der Waals surface area contributed by atoms with Gasteiger partial charge in [0.25, 0.3) is 0 Å². The molecule has 0 spiro atoms. The maximum absolute atomic E-state index is 12.5. The van der Waals surface area contributed by atoms with Gasteiger partial charge in [-0.25, -0.2) is 7.91 Å². The lowest BCUT2D eigenvalue weighted by atomic mass is 10.0. The van der Waals surface area contributed by atoms with Crippen molar-refractivity contribution in [2.24, 2.45) is 0 Å². The molecule has 1 unspecified atom stereocenters. The molecular formula is C18H19IN2O2. The van der Waals surface area contributed by atoms with Crippen molar-refractivity contribution in [3.8, 4) is 0 Å². The lowest BCUT2D eigenvalue weighted by Crippen LogP contribution is -2.47. The van der Waals surface area contributed by atoms with Crippen LogP contribution < -0.4 is 0 Å². The molecule has 1 aliphatic rings. The number of amides is 1. The van der Waals surface area contributed by atoms with Crippen LogP contribution >= 0.6 is 22.9 Å². The molecule has 0 aromatic heterocycles. The number of halogens is 1. The van der Waals surface area contributed by atoms with E-state index in [1.165, 1.54) is 0 Å². The van der Waals surface area contributed by atoms with Crippen LogP contribution in [0.5, 0.6) is 0 Å². The predicted octanol–water partition coefficient (Wildman–Crippen LogP) is 4.03. The second kappa shape index (κ2) is 7.79. The first-order valence-electron chi connectivity index (χ1n) is 7.67. The Kier molecular flexibility index (Phi) is 5.51. The molecule has 0 radical (unpaired) electrons. The van der Waals surface area contributed by atoms with Crippen molar-refractivity contribution in [3.63, 3.8) is 0 Å². The zero-order valence-electron chi connectivity index (χ0n) is 12.8. The number of piperazine rings is 1. The Morgan fingerprint density at radius 1 is 1.04 bits per heavy atom. The van der Waals surface area contributed by atoms with E-state index in [4.69, 9.17) is 4.74 Å². The van der Waals surface area contributed by atoms with Crippen LogP contribution in [0.1, 0.15) is 17.2 Å². The van der Waals surface area contributed by atoms with Crippen LogP contribution in [0.4, 0.5) is 4.79 Å². The van der Waals surface area contributed by atoms with Crippen LogP contribution in [-0.4, -0.2) is 33.7 Å². The molecule has 0 saturated carbocycles. The Balaban J connectivity index is 1.69. The summed E-state index contributed by atoms with van der Waals surface area (Å²) in [5.74, 6) is 0. The van der Waals surface area contributed by atoms with Gasteiger partial charge in [-0.3, -0.25) is 4.90 Å². The SMILES string of the molecule is O=C(OCc1ccccc1)N1CCN(I)CC1c1ccccc1. The summed E-state index contributed by atoms with van der Waals surface area (Å²) in [6, 6.07) is 20.0. The third-order valence-corrected chi connectivity index (χ3v) is 4.83. The lowest BCUT2D eigenvalue weighted by molar-refractivity contribution is 0.0635. The molecule has 0 bridgehead atoms. The van der Waals surface area contributed by atoms with Crippen LogP contribution in [0, 0.1) is 0 Å². The number of nitrogens with zero attached hydrogens (tertiary/aromatic N) is 2. The molecule has 1 heterocycles. The molecule has 1 saturated heterocycles. The molecule has 2 aromatic rings. The maximum atomic E-state index is 12.5. The Labute approximate surface area is 150 Å². The molecule has 3 rings (SSSR count). The molecule has 1 atom stereocenters. The lowest BCUT2D eigenvalue weighted by Gasteiger charge is -2.38. The van der Waals surface area contributed by atoms with Crippen LogP contribution in [0.15, 0.2) is 60.7 Å². The number of ether oxygens (including phenoxy) is 1. The van der Waals surface area contributed by atoms with Crippen LogP contribution in [0.3, 0.4) is 0 Å². The van der Waals surface area contributed by atoms with E-state index >= 15 is 0 Å². The summed E-state index contributed by atoms with van der Waals surface area (Å²) < 4.78 is 7.74. The average Bonchev–Trinajstić information content (AvgIpc) is 2.61. The van der Waals surface area contributed by atoms with Crippen molar-refractivity contribution in [2.75, 3.05) is 19.6 Å². The van der Waals surface area contributed by atoms with E-state index in [9.17, 15) is 4.79 Å². The highest BCUT2D eigenvalue weighted by Gasteiger charge is 2.31. The van der Waals surface area contributed by atoms with E-state index in [0.29, 0.717) is 13.2 Å². The van der Waals surface area contributed by atoms with Gasteiger partial charge in [-0.2, -0.15) is 0 Å². The van der Waals surface area contributed by atoms with Crippen molar-refractivity contribution in [2.45, 2.75) is 12.6 Å². The fourth-order valence-corrected chi connectivity index (χ4v) is 3.32. The van der Waals surface area contributed by atoms with Crippen molar-refractivity contribution < 1.29 is 9.53 Å². The van der Waals surface area contributed by atoms with Crippen molar-refractivity contribution in [1.82, 2.24) is 8.01 Å². The number of hydrogen-bond donors (Lipinski definition) is 0. The number of carbonyl (C=O) groups excluding carboxylic acids is 1. The fourth-order valence-electron chi connectivity index (χ4n) is 2.73. The molecule has 1 aliphatic heterocycles. The van der Waals surface area contributed by atoms with Gasteiger partial charge in [0.15, 0.2) is 0 Å². The molecule has 5 heteroatoms. The van der Waals surface area contributed by atoms with Gasteiger partial charge >= 0.3 is 6.09 Å². The van der Waals surface area contributed by atoms with E-state index in [1.807, 2.05) is 53.4 Å². The molecule has 4 nitrogen and oxygen atoms in total. The zero-order chi connectivity index (χ0) is 16.1. The third-order valence-electron chi connectivity index (χ3n) is 3.95. The summed E-state index contributed by atoms with van der Waals surface area (Å²) in [4.78, 5) is 14.4. The number of hydrogen-bond acceptors (Lipinski definition) is 3. The normalized spacial score (nSPS) is 18.7. The first-order valence-corrected chi connectivity index (χ1v) is 8.63. The third kappa shape index (κ3) is 4.23. The van der Waals surface area contributed by atoms with E-state index in [0.717, 1.165) is 24.2 Å². The molecule has 0 aliphatic carbocycles. The Morgan fingerprint density at radius 3 is 2.39 bits per heavy atom. The molecule has 1 fully saturated rings. The highest BCUT2D eigenvalue weighted by atomic mass is 127. The Hall–Kier alpha value is -1.60. The van der Waals surface area contributed by atoms with E-state index < -0.39 is 0 Å². The van der Waals surface area contributed by atoms with Gasteiger partial charge in [0.1, 0.15) is 6.61 Å². The number of carbonyl (C=O) groups is 1. The number of rotatable bonds is 3. The van der Waals surface area contributed by atoms with Gasteiger partial charge in [0, 0.05) is 42.5 Å². The van der Waals surface area contributed by atoms with Crippen LogP contribution in [0.2, 0.25) is 0 Å². The van der Waals surface area contributed by atoms with Crippen LogP contribution in [-0.2, 0) is 11.3 Å². The van der Waals surface area contributed by atoms with E-state index in [-0.39, 0.29) is 12.1 Å². The first kappa shape index (κ1) is 16.3. The van der Waals surface area contributed by atoms with Gasteiger partial charge in [0.2, 0.25) is 0 Å². The second-order valence-corrected chi connectivity index (χ2v) is 6.89. The average molecular weight is 422 g/mol. The molecular weight excluding hydrogens is 403 g/mol. The first-order chi connectivity index (χ1) is 11.2. The van der Waals surface area contributed by atoms with E-state index in [1.54, 1.807) is 0 Å². The smallest absolute Gasteiger partial charge is 0.410 e. The van der Waals surface area contributed by atoms with Gasteiger partial charge in [0.05, 0.1) is 6.04 Å². The van der Waals surface area contributed by atoms with Crippen molar-refractivity contribution >= 4 is 29.0 Å². The predicted molar refractivity (Wildman–Crippen MR) is 98.1 cm³/mol. The summed E-state index contributed by atoms with van der Waals surface area (Å²) in [7, 11) is 0. The highest BCUT2D eigenvalue weighted by Crippen LogP contribution is 2.27. The van der Waals surface area contributed by atoms with Crippen molar-refractivity contribution in [1.29, 1.82) is 0 Å². The van der Waals surface area contributed by atoms with Gasteiger partial charge in [-0.15, -0.1) is 0 Å². The minimum Gasteiger partial charge on any atom is -0.445 e. The van der Waals surface area contributed by atoms with E-state index in [2.05, 4.69) is 38.1 Å². The summed E-state index contributed by atoms with van der Waals surface area (Å²) in [5, 5.41) is 0. The standard InChI is InChI=1S/C18H19IN2O2/c19-20-11-12-21(17(13-20)16-9-5-2-6-10-16)18(22)23-14-15-7-3-1-4-8-15/h1-10,17H,11-14H2. The minimum absolute atomic E-state index is 0.0325. The maximum Gasteiger partial charge on any atom is 0.410 e. The zero-order valence-corrected chi connectivity index (χ0v) is 14.9. The van der Waals surface area contributed by atoms with Gasteiger partial charge < -0.3 is 4.74 Å². The number of benzene rings is 2. The summed E-state index contributed by atoms with van der Waals surface area (Å²) in [6.07, 6.45) is -0.243. The largest absolute Gasteiger partial charge is 0.445 e. The summed E-state index contributed by atoms with van der Waals surface area (Å²) in [6.45, 7) is 2.65. The monoisotopic (exact) mass is 422 g/mol. The molecule has 23 heavy (non-hydrogen) atoms. The molecule has 0 N–H and O–H groups in total. The van der Waals surface area contributed by atoms with Crippen LogP contribution in [0.25, 0.3) is 0 Å². The highest BCUT2D eigenvalue weighted by molar-refractivity contribution is 14.1.